The second-order valence-electron chi connectivity index (χ2n) is 6.95. The van der Waals surface area contributed by atoms with Gasteiger partial charge in [0.15, 0.2) is 0 Å². The van der Waals surface area contributed by atoms with E-state index in [4.69, 9.17) is 4.74 Å². The Kier molecular flexibility index (Phi) is 6.49. The van der Waals surface area contributed by atoms with Crippen molar-refractivity contribution in [1.29, 1.82) is 0 Å². The van der Waals surface area contributed by atoms with Crippen LogP contribution in [0.4, 0.5) is 5.69 Å². The molecule has 1 fully saturated rings. The van der Waals surface area contributed by atoms with E-state index in [1.165, 1.54) is 11.8 Å². The Balaban J connectivity index is 1.64. The van der Waals surface area contributed by atoms with Gasteiger partial charge >= 0.3 is 0 Å². The summed E-state index contributed by atoms with van der Waals surface area (Å²) in [6, 6.07) is 14.8. The number of hydrogen-bond donors (Lipinski definition) is 2. The zero-order valence-corrected chi connectivity index (χ0v) is 16.6. The monoisotopic (exact) mass is 395 g/mol. The van der Waals surface area contributed by atoms with Crippen molar-refractivity contribution in [2.24, 2.45) is 0 Å². The number of carbonyl (C=O) groups excluding carboxylic acids is 3. The lowest BCUT2D eigenvalue weighted by molar-refractivity contribution is -0.136. The van der Waals surface area contributed by atoms with E-state index in [1.807, 2.05) is 48.5 Å². The minimum Gasteiger partial charge on any atom is -0.497 e. The van der Waals surface area contributed by atoms with Crippen molar-refractivity contribution in [3.8, 4) is 16.9 Å². The number of methoxy groups -OCH3 is 1. The van der Waals surface area contributed by atoms with Crippen LogP contribution in [0.25, 0.3) is 11.1 Å². The number of hydrogen-bond acceptors (Lipinski definition) is 4. The highest BCUT2D eigenvalue weighted by atomic mass is 16.5. The topological polar surface area (TPSA) is 87.7 Å². The average molecular weight is 395 g/mol. The van der Waals surface area contributed by atoms with Crippen molar-refractivity contribution in [3.05, 3.63) is 48.5 Å². The van der Waals surface area contributed by atoms with Crippen molar-refractivity contribution in [1.82, 2.24) is 10.2 Å². The van der Waals surface area contributed by atoms with Crippen LogP contribution in [-0.4, -0.2) is 48.9 Å². The fourth-order valence-electron chi connectivity index (χ4n) is 3.41. The Morgan fingerprint density at radius 2 is 1.86 bits per heavy atom. The van der Waals surface area contributed by atoms with Gasteiger partial charge in [0, 0.05) is 19.2 Å². The van der Waals surface area contributed by atoms with E-state index in [9.17, 15) is 14.4 Å². The molecule has 152 valence electrons. The van der Waals surface area contributed by atoms with Gasteiger partial charge in [-0.05, 0) is 48.2 Å². The molecule has 7 heteroatoms. The molecule has 7 nitrogen and oxygen atoms in total. The second-order valence-corrected chi connectivity index (χ2v) is 6.95. The van der Waals surface area contributed by atoms with E-state index in [2.05, 4.69) is 10.6 Å². The number of benzene rings is 2. The van der Waals surface area contributed by atoms with Gasteiger partial charge in [0.2, 0.25) is 17.7 Å². The van der Waals surface area contributed by atoms with Gasteiger partial charge in [-0.2, -0.15) is 0 Å². The molecule has 2 aromatic carbocycles. The van der Waals surface area contributed by atoms with E-state index < -0.39 is 6.04 Å². The minimum absolute atomic E-state index is 0.0889. The van der Waals surface area contributed by atoms with Crippen molar-refractivity contribution in [3.63, 3.8) is 0 Å². The predicted molar refractivity (Wildman–Crippen MR) is 110 cm³/mol. The number of likely N-dealkylation sites (tertiary alicyclic amines) is 1. The molecule has 3 rings (SSSR count). The third-order valence-electron chi connectivity index (χ3n) is 4.92. The zero-order chi connectivity index (χ0) is 20.8. The highest BCUT2D eigenvalue weighted by molar-refractivity contribution is 5.98. The van der Waals surface area contributed by atoms with Gasteiger partial charge in [0.25, 0.3) is 0 Å². The van der Waals surface area contributed by atoms with Crippen LogP contribution < -0.4 is 15.4 Å². The van der Waals surface area contributed by atoms with Gasteiger partial charge in [-0.25, -0.2) is 0 Å². The number of nitrogens with one attached hydrogen (secondary N) is 2. The van der Waals surface area contributed by atoms with Crippen molar-refractivity contribution < 1.29 is 19.1 Å². The third kappa shape index (κ3) is 5.13. The summed E-state index contributed by atoms with van der Waals surface area (Å²) in [5, 5.41) is 5.38. The highest BCUT2D eigenvalue weighted by Gasteiger charge is 2.33. The number of amides is 3. The summed E-state index contributed by atoms with van der Waals surface area (Å²) in [5.41, 5.74) is 2.70. The molecule has 1 aliphatic heterocycles. The molecule has 2 aromatic rings. The molecule has 1 aliphatic rings. The third-order valence-corrected chi connectivity index (χ3v) is 4.92. The molecular weight excluding hydrogens is 370 g/mol. The number of anilines is 1. The molecule has 0 radical (unpaired) electrons. The number of nitrogens with zero attached hydrogens (tertiary/aromatic N) is 1. The Bertz CT molecular complexity index is 895. The molecule has 1 atom stereocenters. The SMILES string of the molecule is COc1cccc(-c2ccc(NC(=O)C3CCCN3C(=O)CNC(C)=O)cc2)c1. The van der Waals surface area contributed by atoms with Crippen LogP contribution in [0.3, 0.4) is 0 Å². The Hall–Kier alpha value is -3.35. The van der Waals surface area contributed by atoms with Gasteiger partial charge in [0.1, 0.15) is 11.8 Å². The summed E-state index contributed by atoms with van der Waals surface area (Å²) in [4.78, 5) is 37.5. The van der Waals surface area contributed by atoms with Crippen molar-refractivity contribution in [2.75, 3.05) is 25.5 Å². The summed E-state index contributed by atoms with van der Waals surface area (Å²) < 4.78 is 5.26. The Morgan fingerprint density at radius 3 is 2.55 bits per heavy atom. The average Bonchev–Trinajstić information content (AvgIpc) is 3.23. The highest BCUT2D eigenvalue weighted by Crippen LogP contribution is 2.25. The molecule has 1 saturated heterocycles. The smallest absolute Gasteiger partial charge is 0.247 e. The summed E-state index contributed by atoms with van der Waals surface area (Å²) in [7, 11) is 1.63. The lowest BCUT2D eigenvalue weighted by Gasteiger charge is -2.24. The van der Waals surface area contributed by atoms with Crippen LogP contribution in [-0.2, 0) is 14.4 Å². The van der Waals surface area contributed by atoms with E-state index in [-0.39, 0.29) is 24.3 Å². The summed E-state index contributed by atoms with van der Waals surface area (Å²) in [6.07, 6.45) is 1.37. The molecule has 0 spiro atoms. The molecule has 0 bridgehead atoms. The fourth-order valence-corrected chi connectivity index (χ4v) is 3.41. The molecular formula is C22H25N3O4. The zero-order valence-electron chi connectivity index (χ0n) is 16.6. The van der Waals surface area contributed by atoms with Crippen LogP contribution in [0.5, 0.6) is 5.75 Å². The predicted octanol–water partition coefficient (Wildman–Crippen LogP) is 2.43. The summed E-state index contributed by atoms with van der Waals surface area (Å²) in [5.74, 6) is 0.0545. The van der Waals surface area contributed by atoms with E-state index in [0.29, 0.717) is 18.7 Å². The molecule has 1 heterocycles. The first-order valence-corrected chi connectivity index (χ1v) is 9.57. The Morgan fingerprint density at radius 1 is 1.10 bits per heavy atom. The number of carbonyl (C=O) groups is 3. The van der Waals surface area contributed by atoms with Gasteiger partial charge in [-0.3, -0.25) is 14.4 Å². The number of ether oxygens (including phenoxy) is 1. The lowest BCUT2D eigenvalue weighted by atomic mass is 10.1. The summed E-state index contributed by atoms with van der Waals surface area (Å²) >= 11 is 0. The normalized spacial score (nSPS) is 15.7. The van der Waals surface area contributed by atoms with Gasteiger partial charge in [0.05, 0.1) is 13.7 Å². The minimum atomic E-state index is -0.519. The molecule has 3 amide bonds. The Labute approximate surface area is 170 Å². The van der Waals surface area contributed by atoms with Crippen molar-refractivity contribution >= 4 is 23.4 Å². The maximum atomic E-state index is 12.7. The summed E-state index contributed by atoms with van der Waals surface area (Å²) in [6.45, 7) is 1.79. The molecule has 29 heavy (non-hydrogen) atoms. The van der Waals surface area contributed by atoms with E-state index in [0.717, 1.165) is 23.3 Å². The van der Waals surface area contributed by atoms with E-state index in [1.54, 1.807) is 7.11 Å². The second kappa shape index (κ2) is 9.23. The lowest BCUT2D eigenvalue weighted by Crippen LogP contribution is -2.46. The van der Waals surface area contributed by atoms with E-state index >= 15 is 0 Å². The maximum absolute atomic E-state index is 12.7. The standard InChI is InChI=1S/C22H25N3O4/c1-15(26)23-14-21(27)25-12-4-7-20(25)22(28)24-18-10-8-16(9-11-18)17-5-3-6-19(13-17)29-2/h3,5-6,8-11,13,20H,4,7,12,14H2,1-2H3,(H,23,26)(H,24,28). The largest absolute Gasteiger partial charge is 0.497 e. The van der Waals surface area contributed by atoms with Gasteiger partial charge < -0.3 is 20.3 Å². The molecule has 0 aliphatic carbocycles. The quantitative estimate of drug-likeness (QED) is 0.786. The first kappa shape index (κ1) is 20.4. The van der Waals surface area contributed by atoms with Crippen LogP contribution in [0, 0.1) is 0 Å². The van der Waals surface area contributed by atoms with Crippen LogP contribution in [0.15, 0.2) is 48.5 Å². The molecule has 2 N–H and O–H groups in total. The first-order valence-electron chi connectivity index (χ1n) is 9.57. The van der Waals surface area contributed by atoms with Crippen LogP contribution >= 0.6 is 0 Å². The van der Waals surface area contributed by atoms with Gasteiger partial charge in [-0.15, -0.1) is 0 Å². The molecule has 0 aromatic heterocycles. The van der Waals surface area contributed by atoms with Gasteiger partial charge in [-0.1, -0.05) is 24.3 Å². The number of rotatable bonds is 6. The molecule has 0 saturated carbocycles. The molecule has 1 unspecified atom stereocenters. The first-order chi connectivity index (χ1) is 14.0. The van der Waals surface area contributed by atoms with Crippen LogP contribution in [0.1, 0.15) is 19.8 Å². The maximum Gasteiger partial charge on any atom is 0.247 e. The fraction of sp³-hybridized carbons (Fsp3) is 0.318. The van der Waals surface area contributed by atoms with Crippen LogP contribution in [0.2, 0.25) is 0 Å². The van der Waals surface area contributed by atoms with Crippen molar-refractivity contribution in [2.45, 2.75) is 25.8 Å².